The number of methoxy groups -OCH3 is 1. The minimum Gasteiger partial charge on any atom is -0.497 e. The molecule has 0 aliphatic rings. The Labute approximate surface area is 121 Å². The molecule has 1 aromatic heterocycles. The van der Waals surface area contributed by atoms with Crippen LogP contribution < -0.4 is 10.1 Å². The Morgan fingerprint density at radius 2 is 2.05 bits per heavy atom. The molecule has 2 aromatic rings. The summed E-state index contributed by atoms with van der Waals surface area (Å²) in [4.78, 5) is 0. The first-order valence-corrected chi connectivity index (χ1v) is 6.88. The van der Waals surface area contributed by atoms with Gasteiger partial charge in [-0.2, -0.15) is 5.10 Å². The zero-order chi connectivity index (χ0) is 14.0. The van der Waals surface area contributed by atoms with Crippen molar-refractivity contribution in [2.45, 2.75) is 20.4 Å². The molecule has 0 bridgehead atoms. The van der Waals surface area contributed by atoms with E-state index in [1.54, 1.807) is 7.11 Å². The number of benzene rings is 1. The monoisotopic (exact) mass is 323 g/mol. The smallest absolute Gasteiger partial charge is 0.122 e. The van der Waals surface area contributed by atoms with Crippen molar-refractivity contribution in [3.05, 3.63) is 39.6 Å². The van der Waals surface area contributed by atoms with E-state index in [0.29, 0.717) is 0 Å². The summed E-state index contributed by atoms with van der Waals surface area (Å²) >= 11 is 3.48. The third kappa shape index (κ3) is 3.10. The van der Waals surface area contributed by atoms with Gasteiger partial charge in [-0.3, -0.25) is 4.68 Å². The van der Waals surface area contributed by atoms with Gasteiger partial charge in [-0.05, 0) is 26.0 Å². The summed E-state index contributed by atoms with van der Waals surface area (Å²) in [5.74, 6) is 0.830. The Kier molecular flexibility index (Phi) is 4.14. The first kappa shape index (κ1) is 13.9. The summed E-state index contributed by atoms with van der Waals surface area (Å²) in [7, 11) is 3.63. The third-order valence-electron chi connectivity index (χ3n) is 3.24. The molecule has 102 valence electrons. The van der Waals surface area contributed by atoms with Gasteiger partial charge in [0.05, 0.1) is 12.8 Å². The van der Waals surface area contributed by atoms with Crippen LogP contribution in [-0.2, 0) is 13.6 Å². The molecular formula is C14H18BrN3O. The van der Waals surface area contributed by atoms with Gasteiger partial charge in [-0.25, -0.2) is 0 Å². The van der Waals surface area contributed by atoms with Crippen molar-refractivity contribution >= 4 is 21.6 Å². The largest absolute Gasteiger partial charge is 0.497 e. The highest BCUT2D eigenvalue weighted by Crippen LogP contribution is 2.25. The van der Waals surface area contributed by atoms with E-state index < -0.39 is 0 Å². The molecule has 0 spiro atoms. The average Bonchev–Trinajstić information content (AvgIpc) is 2.60. The lowest BCUT2D eigenvalue weighted by atomic mass is 10.2. The quantitative estimate of drug-likeness (QED) is 0.937. The zero-order valence-corrected chi connectivity index (χ0v) is 13.2. The molecule has 0 aliphatic heterocycles. The van der Waals surface area contributed by atoms with Crippen LogP contribution in [0.15, 0.2) is 22.7 Å². The molecule has 0 fully saturated rings. The minimum atomic E-state index is 0.755. The van der Waals surface area contributed by atoms with Crippen molar-refractivity contribution in [3.63, 3.8) is 0 Å². The Balaban J connectivity index is 2.16. The van der Waals surface area contributed by atoms with Gasteiger partial charge in [0.15, 0.2) is 0 Å². The molecule has 2 rings (SSSR count). The van der Waals surface area contributed by atoms with Crippen LogP contribution >= 0.6 is 15.9 Å². The maximum Gasteiger partial charge on any atom is 0.122 e. The summed E-state index contributed by atoms with van der Waals surface area (Å²) in [5.41, 5.74) is 4.51. The third-order valence-corrected chi connectivity index (χ3v) is 3.69. The van der Waals surface area contributed by atoms with E-state index in [2.05, 4.69) is 33.3 Å². The van der Waals surface area contributed by atoms with Crippen molar-refractivity contribution in [2.24, 2.45) is 7.05 Å². The number of rotatable bonds is 4. The molecule has 19 heavy (non-hydrogen) atoms. The summed E-state index contributed by atoms with van der Waals surface area (Å²) in [6.07, 6.45) is 0. The number of aryl methyl sites for hydroxylation is 2. The summed E-state index contributed by atoms with van der Waals surface area (Å²) in [6.45, 7) is 4.87. The van der Waals surface area contributed by atoms with Gasteiger partial charge in [0.25, 0.3) is 0 Å². The number of ether oxygens (including phenoxy) is 1. The molecule has 1 N–H and O–H groups in total. The first-order valence-electron chi connectivity index (χ1n) is 6.08. The second-order valence-electron chi connectivity index (χ2n) is 4.51. The minimum absolute atomic E-state index is 0.755. The van der Waals surface area contributed by atoms with Crippen LogP contribution in [-0.4, -0.2) is 16.9 Å². The van der Waals surface area contributed by atoms with Gasteiger partial charge >= 0.3 is 0 Å². The number of hydrogen-bond acceptors (Lipinski definition) is 3. The highest BCUT2D eigenvalue weighted by atomic mass is 79.9. The SMILES string of the molecule is COc1cc(Br)cc(NCc2c(C)nn(C)c2C)c1. The molecule has 1 heterocycles. The average molecular weight is 324 g/mol. The number of halogens is 1. The zero-order valence-electron chi connectivity index (χ0n) is 11.6. The van der Waals surface area contributed by atoms with Crippen LogP contribution in [0.4, 0.5) is 5.69 Å². The van der Waals surface area contributed by atoms with E-state index in [1.165, 1.54) is 11.3 Å². The Morgan fingerprint density at radius 1 is 1.32 bits per heavy atom. The van der Waals surface area contributed by atoms with E-state index in [0.717, 1.165) is 28.1 Å². The lowest BCUT2D eigenvalue weighted by Crippen LogP contribution is -2.02. The molecule has 4 nitrogen and oxygen atoms in total. The summed E-state index contributed by atoms with van der Waals surface area (Å²) < 4.78 is 8.16. The highest BCUT2D eigenvalue weighted by molar-refractivity contribution is 9.10. The van der Waals surface area contributed by atoms with Gasteiger partial charge < -0.3 is 10.1 Å². The van der Waals surface area contributed by atoms with Crippen LogP contribution in [0, 0.1) is 13.8 Å². The molecule has 5 heteroatoms. The topological polar surface area (TPSA) is 39.1 Å². The number of hydrogen-bond donors (Lipinski definition) is 1. The van der Waals surface area contributed by atoms with Gasteiger partial charge in [0.2, 0.25) is 0 Å². The Bertz CT molecular complexity index is 593. The Morgan fingerprint density at radius 3 is 2.63 bits per heavy atom. The number of aromatic nitrogens is 2. The Hall–Kier alpha value is -1.49. The number of nitrogens with one attached hydrogen (secondary N) is 1. The lowest BCUT2D eigenvalue weighted by molar-refractivity contribution is 0.414. The second-order valence-corrected chi connectivity index (χ2v) is 5.42. The molecule has 1 aromatic carbocycles. The molecule has 0 unspecified atom stereocenters. The summed E-state index contributed by atoms with van der Waals surface area (Å²) in [5, 5.41) is 7.83. The molecule has 0 radical (unpaired) electrons. The first-order chi connectivity index (χ1) is 9.01. The van der Waals surface area contributed by atoms with Crippen LogP contribution in [0.3, 0.4) is 0 Å². The van der Waals surface area contributed by atoms with Crippen molar-refractivity contribution in [2.75, 3.05) is 12.4 Å². The van der Waals surface area contributed by atoms with Crippen LogP contribution in [0.1, 0.15) is 17.0 Å². The fraction of sp³-hybridized carbons (Fsp3) is 0.357. The van der Waals surface area contributed by atoms with Crippen molar-refractivity contribution in [1.82, 2.24) is 9.78 Å². The van der Waals surface area contributed by atoms with Gasteiger partial charge in [-0.1, -0.05) is 15.9 Å². The van der Waals surface area contributed by atoms with Crippen LogP contribution in [0.25, 0.3) is 0 Å². The van der Waals surface area contributed by atoms with E-state index in [1.807, 2.05) is 36.9 Å². The van der Waals surface area contributed by atoms with Crippen molar-refractivity contribution < 1.29 is 4.74 Å². The maximum absolute atomic E-state index is 5.25. The molecule has 0 amide bonds. The second kappa shape index (κ2) is 5.65. The fourth-order valence-corrected chi connectivity index (χ4v) is 2.52. The molecule has 0 saturated heterocycles. The predicted octanol–water partition coefficient (Wildman–Crippen LogP) is 3.42. The van der Waals surface area contributed by atoms with Gasteiger partial charge in [0.1, 0.15) is 5.75 Å². The number of nitrogens with zero attached hydrogens (tertiary/aromatic N) is 2. The van der Waals surface area contributed by atoms with Crippen molar-refractivity contribution in [3.8, 4) is 5.75 Å². The highest BCUT2D eigenvalue weighted by Gasteiger charge is 2.09. The predicted molar refractivity (Wildman–Crippen MR) is 80.7 cm³/mol. The standard InChI is InChI=1S/C14H18BrN3O/c1-9-14(10(2)18(3)17-9)8-16-12-5-11(15)6-13(7-12)19-4/h5-7,16H,8H2,1-4H3. The number of anilines is 1. The molecular weight excluding hydrogens is 306 g/mol. The van der Waals surface area contributed by atoms with E-state index >= 15 is 0 Å². The van der Waals surface area contributed by atoms with Crippen LogP contribution in [0.5, 0.6) is 5.75 Å². The van der Waals surface area contributed by atoms with Gasteiger partial charge in [-0.15, -0.1) is 0 Å². The maximum atomic E-state index is 5.25. The van der Waals surface area contributed by atoms with E-state index in [4.69, 9.17) is 4.74 Å². The summed E-state index contributed by atoms with van der Waals surface area (Å²) in [6, 6.07) is 5.95. The molecule has 0 aliphatic carbocycles. The normalized spacial score (nSPS) is 10.6. The molecule has 0 atom stereocenters. The van der Waals surface area contributed by atoms with E-state index in [9.17, 15) is 0 Å². The fourth-order valence-electron chi connectivity index (χ4n) is 2.05. The molecule has 0 saturated carbocycles. The van der Waals surface area contributed by atoms with Crippen molar-refractivity contribution in [1.29, 1.82) is 0 Å². The van der Waals surface area contributed by atoms with Crippen LogP contribution in [0.2, 0.25) is 0 Å². The van der Waals surface area contributed by atoms with Gasteiger partial charge in [0, 0.05) is 41.1 Å². The lowest BCUT2D eigenvalue weighted by Gasteiger charge is -2.09. The van der Waals surface area contributed by atoms with E-state index in [-0.39, 0.29) is 0 Å².